The van der Waals surface area contributed by atoms with Gasteiger partial charge in [0, 0.05) is 23.6 Å². The monoisotopic (exact) mass is 379 g/mol. The summed E-state index contributed by atoms with van der Waals surface area (Å²) in [6.07, 6.45) is 4.07. The molecule has 0 spiro atoms. The first kappa shape index (κ1) is 22.2. The molecule has 0 saturated heterocycles. The summed E-state index contributed by atoms with van der Waals surface area (Å²) < 4.78 is 6.02. The van der Waals surface area contributed by atoms with Crippen LogP contribution in [0.25, 0.3) is 0 Å². The van der Waals surface area contributed by atoms with Crippen molar-refractivity contribution >= 4 is 0 Å². The van der Waals surface area contributed by atoms with Crippen LogP contribution in [0.2, 0.25) is 0 Å². The van der Waals surface area contributed by atoms with Crippen molar-refractivity contribution < 1.29 is 4.74 Å². The topological polar surface area (TPSA) is 12.5 Å². The predicted molar refractivity (Wildman–Crippen MR) is 121 cm³/mol. The van der Waals surface area contributed by atoms with Crippen molar-refractivity contribution in [2.75, 3.05) is 13.2 Å². The number of nitrogens with zero attached hydrogens (tertiary/aromatic N) is 1. The van der Waals surface area contributed by atoms with Crippen molar-refractivity contribution in [2.45, 2.75) is 65.5 Å². The lowest BCUT2D eigenvalue weighted by Gasteiger charge is -2.31. The van der Waals surface area contributed by atoms with Crippen LogP contribution in [0.15, 0.2) is 61.2 Å². The van der Waals surface area contributed by atoms with Crippen molar-refractivity contribution in [3.63, 3.8) is 0 Å². The van der Waals surface area contributed by atoms with Crippen molar-refractivity contribution in [3.8, 4) is 5.75 Å². The Morgan fingerprint density at radius 3 is 2.29 bits per heavy atom. The number of benzene rings is 2. The van der Waals surface area contributed by atoms with Crippen LogP contribution in [0, 0.1) is 6.92 Å². The second-order valence-corrected chi connectivity index (χ2v) is 8.17. The SMILES string of the molecule is C=CCOc1ccc(C)cc1C(CCCN(C(C)C)C(C)C)c1ccccc1. The van der Waals surface area contributed by atoms with Crippen LogP contribution in [-0.4, -0.2) is 30.1 Å². The first-order valence-corrected chi connectivity index (χ1v) is 10.6. The Morgan fingerprint density at radius 1 is 1.00 bits per heavy atom. The summed E-state index contributed by atoms with van der Waals surface area (Å²) >= 11 is 0. The van der Waals surface area contributed by atoms with Gasteiger partial charge in [0.1, 0.15) is 12.4 Å². The van der Waals surface area contributed by atoms with Gasteiger partial charge in [-0.25, -0.2) is 0 Å². The van der Waals surface area contributed by atoms with Crippen LogP contribution in [0.5, 0.6) is 5.75 Å². The fourth-order valence-corrected chi connectivity index (χ4v) is 4.00. The zero-order valence-corrected chi connectivity index (χ0v) is 18.3. The summed E-state index contributed by atoms with van der Waals surface area (Å²) in [5.41, 5.74) is 3.92. The van der Waals surface area contributed by atoms with E-state index in [0.717, 1.165) is 25.1 Å². The molecular weight excluding hydrogens is 342 g/mol. The Morgan fingerprint density at radius 2 is 1.68 bits per heavy atom. The van der Waals surface area contributed by atoms with Crippen LogP contribution in [-0.2, 0) is 0 Å². The Balaban J connectivity index is 2.29. The van der Waals surface area contributed by atoms with Gasteiger partial charge < -0.3 is 4.74 Å². The van der Waals surface area contributed by atoms with Gasteiger partial charge in [-0.3, -0.25) is 4.90 Å². The Kier molecular flexibility index (Phi) is 8.79. The van der Waals surface area contributed by atoms with Crippen LogP contribution in [0.3, 0.4) is 0 Å². The number of hydrogen-bond acceptors (Lipinski definition) is 2. The third-order valence-corrected chi connectivity index (χ3v) is 5.34. The minimum atomic E-state index is 0.335. The number of hydrogen-bond donors (Lipinski definition) is 0. The van der Waals surface area contributed by atoms with E-state index in [1.54, 1.807) is 0 Å². The van der Waals surface area contributed by atoms with Crippen molar-refractivity contribution in [1.29, 1.82) is 0 Å². The zero-order chi connectivity index (χ0) is 20.5. The summed E-state index contributed by atoms with van der Waals surface area (Å²) in [4.78, 5) is 2.58. The average Bonchev–Trinajstić information content (AvgIpc) is 2.67. The van der Waals surface area contributed by atoms with Crippen molar-refractivity contribution in [1.82, 2.24) is 4.90 Å². The molecule has 0 fully saturated rings. The second-order valence-electron chi connectivity index (χ2n) is 8.17. The van der Waals surface area contributed by atoms with Gasteiger partial charge in [-0.15, -0.1) is 0 Å². The molecule has 0 aliphatic rings. The van der Waals surface area contributed by atoms with Gasteiger partial charge in [0.2, 0.25) is 0 Å². The molecule has 1 atom stereocenters. The van der Waals surface area contributed by atoms with Crippen LogP contribution < -0.4 is 4.74 Å². The van der Waals surface area contributed by atoms with Gasteiger partial charge in [-0.2, -0.15) is 0 Å². The van der Waals surface area contributed by atoms with Gasteiger partial charge in [-0.05, 0) is 65.6 Å². The van der Waals surface area contributed by atoms with E-state index in [0.29, 0.717) is 24.6 Å². The van der Waals surface area contributed by atoms with Gasteiger partial charge in [0.15, 0.2) is 0 Å². The first-order valence-electron chi connectivity index (χ1n) is 10.6. The van der Waals surface area contributed by atoms with Gasteiger partial charge >= 0.3 is 0 Å². The third-order valence-electron chi connectivity index (χ3n) is 5.34. The highest BCUT2D eigenvalue weighted by molar-refractivity contribution is 5.44. The molecule has 28 heavy (non-hydrogen) atoms. The van der Waals surface area contributed by atoms with E-state index < -0.39 is 0 Å². The van der Waals surface area contributed by atoms with E-state index in [2.05, 4.69) is 94.6 Å². The Labute approximate surface area is 172 Å². The third kappa shape index (κ3) is 6.24. The Bertz CT molecular complexity index is 712. The summed E-state index contributed by atoms with van der Waals surface area (Å²) in [6, 6.07) is 18.5. The molecule has 2 rings (SSSR count). The molecule has 1 unspecified atom stereocenters. The molecule has 0 aliphatic carbocycles. The number of aryl methyl sites for hydroxylation is 1. The standard InChI is InChI=1S/C26H37NO/c1-7-18-28-26-16-15-22(6)19-25(26)24(23-12-9-8-10-13-23)14-11-17-27(20(2)3)21(4)5/h7-10,12-13,15-16,19-21,24H,1,11,14,17-18H2,2-6H3. The largest absolute Gasteiger partial charge is 0.489 e. The molecule has 0 amide bonds. The van der Waals surface area contributed by atoms with E-state index in [-0.39, 0.29) is 0 Å². The predicted octanol–water partition coefficient (Wildman–Crippen LogP) is 6.59. The summed E-state index contributed by atoms with van der Waals surface area (Å²) in [6.45, 7) is 16.8. The normalized spacial score (nSPS) is 12.6. The van der Waals surface area contributed by atoms with Gasteiger partial charge in [-0.1, -0.05) is 60.7 Å². The van der Waals surface area contributed by atoms with E-state index in [1.807, 2.05) is 6.08 Å². The molecule has 2 aromatic rings. The molecule has 0 bridgehead atoms. The molecule has 2 nitrogen and oxygen atoms in total. The maximum Gasteiger partial charge on any atom is 0.123 e. The molecule has 0 saturated carbocycles. The number of rotatable bonds is 11. The molecule has 0 radical (unpaired) electrons. The fraction of sp³-hybridized carbons (Fsp3) is 0.462. The lowest BCUT2D eigenvalue weighted by molar-refractivity contribution is 0.171. The van der Waals surface area contributed by atoms with Crippen molar-refractivity contribution in [2.24, 2.45) is 0 Å². The van der Waals surface area contributed by atoms with Crippen LogP contribution in [0.4, 0.5) is 0 Å². The maximum atomic E-state index is 6.02. The quantitative estimate of drug-likeness (QED) is 0.408. The molecule has 0 aliphatic heterocycles. The smallest absolute Gasteiger partial charge is 0.123 e. The Hall–Kier alpha value is -2.06. The highest BCUT2D eigenvalue weighted by Crippen LogP contribution is 2.36. The average molecular weight is 380 g/mol. The van der Waals surface area contributed by atoms with Gasteiger partial charge in [0.25, 0.3) is 0 Å². The lowest BCUT2D eigenvalue weighted by Crippen LogP contribution is -2.37. The van der Waals surface area contributed by atoms with Gasteiger partial charge in [0.05, 0.1) is 0 Å². The molecule has 152 valence electrons. The van der Waals surface area contributed by atoms with E-state index in [9.17, 15) is 0 Å². The summed E-state index contributed by atoms with van der Waals surface area (Å²) in [5, 5.41) is 0. The molecule has 2 heteroatoms. The molecule has 0 N–H and O–H groups in total. The zero-order valence-electron chi connectivity index (χ0n) is 18.3. The second kappa shape index (κ2) is 11.1. The summed E-state index contributed by atoms with van der Waals surface area (Å²) in [5.74, 6) is 1.31. The van der Waals surface area contributed by atoms with Crippen molar-refractivity contribution in [3.05, 3.63) is 77.9 Å². The maximum absolute atomic E-state index is 6.02. The molecular formula is C26H37NO. The molecule has 0 heterocycles. The molecule has 0 aromatic heterocycles. The van der Waals surface area contributed by atoms with E-state index in [4.69, 9.17) is 4.74 Å². The van der Waals surface area contributed by atoms with E-state index in [1.165, 1.54) is 16.7 Å². The van der Waals surface area contributed by atoms with E-state index >= 15 is 0 Å². The lowest BCUT2D eigenvalue weighted by atomic mass is 9.86. The van der Waals surface area contributed by atoms with Crippen LogP contribution in [0.1, 0.15) is 63.1 Å². The summed E-state index contributed by atoms with van der Waals surface area (Å²) in [7, 11) is 0. The van der Waals surface area contributed by atoms with Crippen LogP contribution >= 0.6 is 0 Å². The minimum absolute atomic E-state index is 0.335. The first-order chi connectivity index (χ1) is 13.4. The fourth-order valence-electron chi connectivity index (χ4n) is 4.00. The highest BCUT2D eigenvalue weighted by Gasteiger charge is 2.20. The highest BCUT2D eigenvalue weighted by atomic mass is 16.5. The minimum Gasteiger partial charge on any atom is -0.489 e. The molecule has 2 aromatic carbocycles. The number of ether oxygens (including phenoxy) is 1.